The summed E-state index contributed by atoms with van der Waals surface area (Å²) in [6.07, 6.45) is 3.74. The summed E-state index contributed by atoms with van der Waals surface area (Å²) >= 11 is 0. The lowest BCUT2D eigenvalue weighted by Crippen LogP contribution is -2.24. The van der Waals surface area contributed by atoms with Crippen molar-refractivity contribution in [3.63, 3.8) is 0 Å². The Hall–Kier alpha value is -3.54. The third kappa shape index (κ3) is 3.69. The van der Waals surface area contributed by atoms with E-state index in [0.29, 0.717) is 5.82 Å². The zero-order valence-corrected chi connectivity index (χ0v) is 20.3. The van der Waals surface area contributed by atoms with E-state index in [-0.39, 0.29) is 10.8 Å². The summed E-state index contributed by atoms with van der Waals surface area (Å²) < 4.78 is 8.30. The van der Waals surface area contributed by atoms with Crippen molar-refractivity contribution in [2.45, 2.75) is 52.4 Å². The molecule has 33 heavy (non-hydrogen) atoms. The molecule has 168 valence electrons. The molecule has 5 aromatic rings. The molecule has 2 aromatic carbocycles. The molecule has 3 aromatic heterocycles. The SMILES string of the molecule is Cn1ccnc1-c1cccc2c1oc1ccc(-c3nc(C(C)(C)C)nc(C(C)(C)C)n3)cc12. The van der Waals surface area contributed by atoms with Crippen LogP contribution in [0.1, 0.15) is 53.2 Å². The van der Waals surface area contributed by atoms with Crippen molar-refractivity contribution in [3.8, 4) is 22.8 Å². The van der Waals surface area contributed by atoms with Gasteiger partial charge in [0.25, 0.3) is 0 Å². The van der Waals surface area contributed by atoms with Crippen molar-refractivity contribution in [2.75, 3.05) is 0 Å². The molecule has 3 heterocycles. The fourth-order valence-electron chi connectivity index (χ4n) is 3.91. The molecule has 0 unspecified atom stereocenters. The number of nitrogens with zero attached hydrogens (tertiary/aromatic N) is 5. The number of aromatic nitrogens is 5. The first-order chi connectivity index (χ1) is 15.5. The van der Waals surface area contributed by atoms with Gasteiger partial charge in [0.05, 0.1) is 5.56 Å². The average Bonchev–Trinajstić information content (AvgIpc) is 3.34. The van der Waals surface area contributed by atoms with E-state index in [1.54, 1.807) is 6.20 Å². The number of benzene rings is 2. The van der Waals surface area contributed by atoms with E-state index in [9.17, 15) is 0 Å². The van der Waals surface area contributed by atoms with E-state index in [1.165, 1.54) is 0 Å². The number of fused-ring (bicyclic) bond motifs is 3. The fraction of sp³-hybridized carbons (Fsp3) is 0.333. The van der Waals surface area contributed by atoms with Gasteiger partial charge in [-0.05, 0) is 24.3 Å². The minimum absolute atomic E-state index is 0.179. The highest BCUT2D eigenvalue weighted by Crippen LogP contribution is 2.37. The number of rotatable bonds is 2. The Balaban J connectivity index is 1.72. The van der Waals surface area contributed by atoms with Crippen molar-refractivity contribution < 1.29 is 4.42 Å². The fourth-order valence-corrected chi connectivity index (χ4v) is 3.91. The van der Waals surface area contributed by atoms with Gasteiger partial charge in [-0.3, -0.25) is 0 Å². The molecule has 0 saturated heterocycles. The predicted molar refractivity (Wildman–Crippen MR) is 132 cm³/mol. The lowest BCUT2D eigenvalue weighted by atomic mass is 9.93. The number of hydrogen-bond donors (Lipinski definition) is 0. The van der Waals surface area contributed by atoms with Crippen molar-refractivity contribution in [1.29, 1.82) is 0 Å². The Labute approximate surface area is 193 Å². The number of aryl methyl sites for hydroxylation is 1. The summed E-state index contributed by atoms with van der Waals surface area (Å²) in [5, 5.41) is 2.09. The zero-order chi connectivity index (χ0) is 23.5. The second-order valence-corrected chi connectivity index (χ2v) is 10.7. The number of furan rings is 1. The van der Waals surface area contributed by atoms with Crippen molar-refractivity contribution in [3.05, 3.63) is 60.4 Å². The van der Waals surface area contributed by atoms with Gasteiger partial charge in [0.2, 0.25) is 0 Å². The zero-order valence-electron chi connectivity index (χ0n) is 20.3. The predicted octanol–water partition coefficient (Wildman–Crippen LogP) is 6.43. The maximum atomic E-state index is 6.30. The Morgan fingerprint density at radius 2 is 1.52 bits per heavy atom. The smallest absolute Gasteiger partial charge is 0.163 e. The third-order valence-corrected chi connectivity index (χ3v) is 5.79. The molecule has 6 nitrogen and oxygen atoms in total. The molecule has 0 aliphatic heterocycles. The lowest BCUT2D eigenvalue weighted by Gasteiger charge is -2.22. The number of imidazole rings is 1. The maximum absolute atomic E-state index is 6.30. The minimum Gasteiger partial charge on any atom is -0.455 e. The first kappa shape index (κ1) is 21.3. The first-order valence-electron chi connectivity index (χ1n) is 11.2. The standard InChI is InChI=1S/C27H29N5O/c1-26(2,3)24-29-22(30-25(31-24)27(4,5)6)16-11-12-20-19(15-16)17-9-8-10-18(21(17)33-20)23-28-13-14-32(23)7/h8-15H,1-7H3. The second kappa shape index (κ2) is 7.24. The second-order valence-electron chi connectivity index (χ2n) is 10.7. The molecule has 0 atom stereocenters. The molecule has 0 fully saturated rings. The van der Waals surface area contributed by atoms with Crippen LogP contribution in [0.25, 0.3) is 44.7 Å². The van der Waals surface area contributed by atoms with E-state index in [0.717, 1.165) is 50.5 Å². The topological polar surface area (TPSA) is 69.6 Å². The Kier molecular flexibility index (Phi) is 4.67. The van der Waals surface area contributed by atoms with Gasteiger partial charge in [-0.1, -0.05) is 53.7 Å². The highest BCUT2D eigenvalue weighted by molar-refractivity contribution is 6.10. The lowest BCUT2D eigenvalue weighted by molar-refractivity contribution is 0.497. The first-order valence-corrected chi connectivity index (χ1v) is 11.2. The normalized spacial score (nSPS) is 12.7. The molecule has 0 saturated carbocycles. The van der Waals surface area contributed by atoms with Gasteiger partial charge in [0.1, 0.15) is 28.6 Å². The van der Waals surface area contributed by atoms with E-state index < -0.39 is 0 Å². The van der Waals surface area contributed by atoms with Gasteiger partial charge in [0.15, 0.2) is 5.82 Å². The molecule has 5 rings (SSSR count). The Bertz CT molecular complexity index is 1460. The van der Waals surface area contributed by atoms with E-state index in [4.69, 9.17) is 19.4 Å². The molecule has 0 bridgehead atoms. The van der Waals surface area contributed by atoms with Crippen LogP contribution in [0.5, 0.6) is 0 Å². The highest BCUT2D eigenvalue weighted by Gasteiger charge is 2.25. The van der Waals surface area contributed by atoms with Gasteiger partial charge in [-0.2, -0.15) is 0 Å². The molecular formula is C27H29N5O. The van der Waals surface area contributed by atoms with E-state index in [2.05, 4.69) is 58.7 Å². The quantitative estimate of drug-likeness (QED) is 0.317. The molecular weight excluding hydrogens is 410 g/mol. The maximum Gasteiger partial charge on any atom is 0.163 e. The molecule has 0 aliphatic carbocycles. The highest BCUT2D eigenvalue weighted by atomic mass is 16.3. The van der Waals surface area contributed by atoms with Crippen molar-refractivity contribution in [2.24, 2.45) is 7.05 Å². The summed E-state index contributed by atoms with van der Waals surface area (Å²) in [7, 11) is 1.99. The molecule has 0 amide bonds. The monoisotopic (exact) mass is 439 g/mol. The van der Waals surface area contributed by atoms with Crippen molar-refractivity contribution in [1.82, 2.24) is 24.5 Å². The van der Waals surface area contributed by atoms with Crippen LogP contribution in [0.15, 0.2) is 53.2 Å². The van der Waals surface area contributed by atoms with Crippen LogP contribution >= 0.6 is 0 Å². The largest absolute Gasteiger partial charge is 0.455 e. The summed E-state index contributed by atoms with van der Waals surface area (Å²) in [6, 6.07) is 12.3. The summed E-state index contributed by atoms with van der Waals surface area (Å²) in [5.74, 6) is 3.16. The molecule has 6 heteroatoms. The van der Waals surface area contributed by atoms with Crippen molar-refractivity contribution >= 4 is 21.9 Å². The van der Waals surface area contributed by atoms with Crippen LogP contribution in [0.4, 0.5) is 0 Å². The summed E-state index contributed by atoms with van der Waals surface area (Å²) in [6.45, 7) is 12.8. The Morgan fingerprint density at radius 3 is 2.12 bits per heavy atom. The van der Waals surface area contributed by atoms with Crippen LogP contribution in [0, 0.1) is 0 Å². The third-order valence-electron chi connectivity index (χ3n) is 5.79. The summed E-state index contributed by atoms with van der Waals surface area (Å²) in [5.41, 5.74) is 3.23. The Morgan fingerprint density at radius 1 is 0.818 bits per heavy atom. The molecule has 0 spiro atoms. The van der Waals surface area contributed by atoms with E-state index >= 15 is 0 Å². The summed E-state index contributed by atoms with van der Waals surface area (Å²) in [4.78, 5) is 19.0. The van der Waals surface area contributed by atoms with Gasteiger partial charge in [0, 0.05) is 46.6 Å². The molecule has 0 aliphatic rings. The number of para-hydroxylation sites is 1. The van der Waals surface area contributed by atoms with Crippen LogP contribution in [0.3, 0.4) is 0 Å². The van der Waals surface area contributed by atoms with Gasteiger partial charge < -0.3 is 8.98 Å². The van der Waals surface area contributed by atoms with E-state index in [1.807, 2.05) is 42.1 Å². The van der Waals surface area contributed by atoms with Crippen LogP contribution in [-0.2, 0) is 17.9 Å². The minimum atomic E-state index is -0.179. The average molecular weight is 440 g/mol. The van der Waals surface area contributed by atoms with Crippen LogP contribution in [-0.4, -0.2) is 24.5 Å². The van der Waals surface area contributed by atoms with Gasteiger partial charge in [-0.15, -0.1) is 0 Å². The van der Waals surface area contributed by atoms with Crippen LogP contribution < -0.4 is 0 Å². The number of hydrogen-bond acceptors (Lipinski definition) is 5. The molecule has 0 radical (unpaired) electrons. The van der Waals surface area contributed by atoms with Crippen LogP contribution in [0.2, 0.25) is 0 Å². The molecule has 0 N–H and O–H groups in total. The van der Waals surface area contributed by atoms with Gasteiger partial charge in [-0.25, -0.2) is 19.9 Å². The van der Waals surface area contributed by atoms with Gasteiger partial charge >= 0.3 is 0 Å².